The number of pyridine rings is 3. The van der Waals surface area contributed by atoms with Crippen molar-refractivity contribution in [3.8, 4) is 0 Å². The van der Waals surface area contributed by atoms with Crippen LogP contribution in [-0.4, -0.2) is 50.1 Å². The van der Waals surface area contributed by atoms with Crippen LogP contribution in [0.5, 0.6) is 0 Å². The van der Waals surface area contributed by atoms with Gasteiger partial charge in [0.2, 0.25) is 5.91 Å². The fraction of sp³-hybridized carbons (Fsp3) is 0.217. The Morgan fingerprint density at radius 1 is 1.14 bits per heavy atom. The summed E-state index contributed by atoms with van der Waals surface area (Å²) in [6.07, 6.45) is -1.37. The lowest BCUT2D eigenvalue weighted by atomic mass is 10.0. The minimum absolute atomic E-state index is 0.0790. The monoisotopic (exact) mass is 499 g/mol. The minimum Gasteiger partial charge on any atom is -0.309 e. The number of amides is 2. The molecule has 2 aliphatic heterocycles. The van der Waals surface area contributed by atoms with E-state index in [1.165, 1.54) is 16.0 Å². The number of anilines is 2. The molecule has 0 spiro atoms. The molecule has 1 unspecified atom stereocenters. The Morgan fingerprint density at radius 2 is 1.94 bits per heavy atom. The van der Waals surface area contributed by atoms with Crippen molar-refractivity contribution in [3.05, 3.63) is 77.1 Å². The molecule has 0 bridgehead atoms. The van der Waals surface area contributed by atoms with Crippen molar-refractivity contribution >= 4 is 29.2 Å². The van der Waals surface area contributed by atoms with Gasteiger partial charge in [0, 0.05) is 24.4 Å². The molecular formula is C23H17F4N7O2. The van der Waals surface area contributed by atoms with Crippen molar-refractivity contribution in [3.63, 3.8) is 0 Å². The van der Waals surface area contributed by atoms with E-state index in [2.05, 4.69) is 25.4 Å². The lowest BCUT2D eigenvalue weighted by Crippen LogP contribution is -2.54. The van der Waals surface area contributed by atoms with E-state index in [9.17, 15) is 27.2 Å². The van der Waals surface area contributed by atoms with Crippen LogP contribution in [0.1, 0.15) is 33.6 Å². The SMILES string of the molecule is Cc1cnccc1C1=NN2c3nc(C(F)(F)F)ccc3C(=O)N(CC(=O)Nc3ccc(F)cn3)C2C1. The van der Waals surface area contributed by atoms with E-state index in [4.69, 9.17) is 0 Å². The van der Waals surface area contributed by atoms with E-state index in [1.807, 2.05) is 6.92 Å². The molecule has 1 N–H and O–H groups in total. The molecule has 13 heteroatoms. The fourth-order valence-electron chi connectivity index (χ4n) is 4.09. The number of hydrogen-bond acceptors (Lipinski definition) is 7. The Kier molecular flexibility index (Phi) is 5.61. The molecule has 0 saturated carbocycles. The van der Waals surface area contributed by atoms with E-state index in [0.29, 0.717) is 17.3 Å². The highest BCUT2D eigenvalue weighted by atomic mass is 19.4. The Bertz CT molecular complexity index is 1390. The van der Waals surface area contributed by atoms with Gasteiger partial charge in [-0.1, -0.05) is 0 Å². The van der Waals surface area contributed by atoms with E-state index < -0.39 is 42.2 Å². The van der Waals surface area contributed by atoms with Gasteiger partial charge in [-0.15, -0.1) is 0 Å². The first-order valence-corrected chi connectivity index (χ1v) is 10.7. The number of nitrogens with one attached hydrogen (secondary N) is 1. The molecule has 5 heterocycles. The van der Waals surface area contributed by atoms with Crippen LogP contribution in [0.2, 0.25) is 0 Å². The number of nitrogens with zero attached hydrogens (tertiary/aromatic N) is 6. The second-order valence-corrected chi connectivity index (χ2v) is 8.17. The predicted octanol–water partition coefficient (Wildman–Crippen LogP) is 3.37. The first kappa shape index (κ1) is 23.3. The number of rotatable bonds is 4. The van der Waals surface area contributed by atoms with Gasteiger partial charge in [0.15, 0.2) is 5.82 Å². The lowest BCUT2D eigenvalue weighted by Gasteiger charge is -2.38. The van der Waals surface area contributed by atoms with Crippen LogP contribution < -0.4 is 10.3 Å². The molecule has 1 atom stereocenters. The van der Waals surface area contributed by atoms with Crippen molar-refractivity contribution in [1.29, 1.82) is 0 Å². The number of carbonyl (C=O) groups excluding carboxylic acids is 2. The number of halogens is 4. The number of aromatic nitrogens is 3. The molecule has 2 amide bonds. The van der Waals surface area contributed by atoms with Crippen LogP contribution in [0.25, 0.3) is 0 Å². The van der Waals surface area contributed by atoms with Crippen molar-refractivity contribution in [2.45, 2.75) is 25.7 Å². The molecule has 0 fully saturated rings. The van der Waals surface area contributed by atoms with Crippen LogP contribution in [0.15, 0.2) is 54.0 Å². The van der Waals surface area contributed by atoms with Crippen molar-refractivity contribution < 1.29 is 27.2 Å². The molecule has 0 aromatic carbocycles. The Hall–Kier alpha value is -4.42. The third-order valence-corrected chi connectivity index (χ3v) is 5.76. The van der Waals surface area contributed by atoms with Gasteiger partial charge in [-0.25, -0.2) is 19.4 Å². The molecule has 0 radical (unpaired) electrons. The van der Waals surface area contributed by atoms with Gasteiger partial charge >= 0.3 is 6.18 Å². The van der Waals surface area contributed by atoms with E-state index in [-0.39, 0.29) is 23.6 Å². The number of aryl methyl sites for hydroxylation is 1. The van der Waals surface area contributed by atoms with E-state index in [1.54, 1.807) is 18.5 Å². The van der Waals surface area contributed by atoms with Gasteiger partial charge in [0.25, 0.3) is 5.91 Å². The zero-order valence-corrected chi connectivity index (χ0v) is 18.6. The lowest BCUT2D eigenvalue weighted by molar-refractivity contribution is -0.141. The molecule has 0 saturated heterocycles. The summed E-state index contributed by atoms with van der Waals surface area (Å²) in [6.45, 7) is 1.36. The smallest absolute Gasteiger partial charge is 0.309 e. The largest absolute Gasteiger partial charge is 0.433 e. The van der Waals surface area contributed by atoms with Gasteiger partial charge < -0.3 is 10.2 Å². The summed E-state index contributed by atoms with van der Waals surface area (Å²) in [5.74, 6) is -2.04. The average Bonchev–Trinajstić information content (AvgIpc) is 3.28. The fourth-order valence-corrected chi connectivity index (χ4v) is 4.09. The predicted molar refractivity (Wildman–Crippen MR) is 119 cm³/mol. The van der Waals surface area contributed by atoms with Crippen molar-refractivity contribution in [1.82, 2.24) is 19.9 Å². The zero-order chi connectivity index (χ0) is 25.6. The molecule has 3 aromatic heterocycles. The summed E-state index contributed by atoms with van der Waals surface area (Å²) in [5, 5.41) is 8.23. The van der Waals surface area contributed by atoms with E-state index in [0.717, 1.165) is 23.9 Å². The standard InChI is InChI=1S/C23H17F4N7O2/c1-12-9-28-7-6-14(12)16-8-20-33(11-19(35)31-18-5-2-13(24)10-29-18)22(36)15-3-4-17(23(25,26)27)30-21(15)34(20)32-16/h2-7,9-10,20H,8,11H2,1H3,(H,29,31,35). The molecule has 36 heavy (non-hydrogen) atoms. The van der Waals surface area contributed by atoms with Crippen LogP contribution in [0.4, 0.5) is 29.2 Å². The number of hydrazone groups is 1. The molecule has 184 valence electrons. The first-order valence-electron chi connectivity index (χ1n) is 10.7. The van der Waals surface area contributed by atoms with Gasteiger partial charge in [-0.2, -0.15) is 18.3 Å². The summed E-state index contributed by atoms with van der Waals surface area (Å²) in [4.78, 5) is 38.8. The third-order valence-electron chi connectivity index (χ3n) is 5.76. The number of alkyl halides is 3. The van der Waals surface area contributed by atoms with Crippen LogP contribution in [0.3, 0.4) is 0 Å². The van der Waals surface area contributed by atoms with Crippen LogP contribution >= 0.6 is 0 Å². The summed E-state index contributed by atoms with van der Waals surface area (Å²) in [5.41, 5.74) is 0.713. The normalized spacial score (nSPS) is 17.0. The summed E-state index contributed by atoms with van der Waals surface area (Å²) in [7, 11) is 0. The number of carbonyl (C=O) groups is 2. The second kappa shape index (κ2) is 8.66. The highest BCUT2D eigenvalue weighted by Crippen LogP contribution is 2.38. The Labute approximate surface area is 201 Å². The summed E-state index contributed by atoms with van der Waals surface area (Å²) < 4.78 is 53.2. The highest BCUT2D eigenvalue weighted by Gasteiger charge is 2.45. The Balaban J connectivity index is 1.51. The van der Waals surface area contributed by atoms with Gasteiger partial charge in [0.05, 0.1) is 17.5 Å². The van der Waals surface area contributed by atoms with Crippen molar-refractivity contribution in [2.24, 2.45) is 5.10 Å². The molecule has 3 aromatic rings. The van der Waals surface area contributed by atoms with Gasteiger partial charge in [0.1, 0.15) is 30.0 Å². The highest BCUT2D eigenvalue weighted by molar-refractivity contribution is 6.08. The zero-order valence-electron chi connectivity index (χ0n) is 18.6. The van der Waals surface area contributed by atoms with Gasteiger partial charge in [-0.05, 0) is 42.8 Å². The van der Waals surface area contributed by atoms with Gasteiger partial charge in [-0.3, -0.25) is 14.6 Å². The third kappa shape index (κ3) is 4.23. The minimum atomic E-state index is -4.72. The molecule has 2 aliphatic rings. The molecule has 9 nitrogen and oxygen atoms in total. The van der Waals surface area contributed by atoms with E-state index >= 15 is 0 Å². The molecule has 5 rings (SSSR count). The maximum absolute atomic E-state index is 13.4. The Morgan fingerprint density at radius 3 is 2.64 bits per heavy atom. The quantitative estimate of drug-likeness (QED) is 0.552. The summed E-state index contributed by atoms with van der Waals surface area (Å²) in [6, 6.07) is 5.84. The maximum atomic E-state index is 13.4. The first-order chi connectivity index (χ1) is 17.1. The molecule has 0 aliphatic carbocycles. The number of hydrogen-bond donors (Lipinski definition) is 1. The van der Waals surface area contributed by atoms with Crippen molar-refractivity contribution in [2.75, 3.05) is 16.9 Å². The molecular weight excluding hydrogens is 482 g/mol. The average molecular weight is 499 g/mol. The second-order valence-electron chi connectivity index (χ2n) is 8.17. The van der Waals surface area contributed by atoms with Crippen LogP contribution in [-0.2, 0) is 11.0 Å². The number of fused-ring (bicyclic) bond motifs is 3. The maximum Gasteiger partial charge on any atom is 0.433 e. The summed E-state index contributed by atoms with van der Waals surface area (Å²) >= 11 is 0. The van der Waals surface area contributed by atoms with Crippen LogP contribution in [0, 0.1) is 12.7 Å². The topological polar surface area (TPSA) is 104 Å².